The average Bonchev–Trinajstić information content (AvgIpc) is 2.69. The molecule has 2 rings (SSSR count). The van der Waals surface area contributed by atoms with Gasteiger partial charge in [-0.15, -0.1) is 0 Å². The Balaban J connectivity index is 2.05. The van der Waals surface area contributed by atoms with Crippen molar-refractivity contribution >= 4 is 0 Å². The van der Waals surface area contributed by atoms with Gasteiger partial charge in [-0.1, -0.05) is 0 Å². The topological polar surface area (TPSA) is 22.4 Å². The van der Waals surface area contributed by atoms with E-state index in [0.717, 1.165) is 11.1 Å². The Morgan fingerprint density at radius 3 is 2.87 bits per heavy atom. The Labute approximate surface area is 87.3 Å². The van der Waals surface area contributed by atoms with Gasteiger partial charge in [-0.3, -0.25) is 0 Å². The highest BCUT2D eigenvalue weighted by molar-refractivity contribution is 5.32. The Bertz CT molecular complexity index is 435. The van der Waals surface area contributed by atoms with Gasteiger partial charge in [0.2, 0.25) is 0 Å². The van der Waals surface area contributed by atoms with Gasteiger partial charge >= 0.3 is 0 Å². The molecular formula is C12H11FO2. The van der Waals surface area contributed by atoms with Crippen molar-refractivity contribution in [1.82, 2.24) is 0 Å². The summed E-state index contributed by atoms with van der Waals surface area (Å²) in [5.41, 5.74) is 1.75. The smallest absolute Gasteiger partial charge is 0.123 e. The quantitative estimate of drug-likeness (QED) is 0.768. The second-order valence-electron chi connectivity index (χ2n) is 3.33. The molecule has 0 unspecified atom stereocenters. The Morgan fingerprint density at radius 2 is 2.20 bits per heavy atom. The van der Waals surface area contributed by atoms with Crippen LogP contribution in [-0.2, 0) is 6.61 Å². The summed E-state index contributed by atoms with van der Waals surface area (Å²) >= 11 is 0. The van der Waals surface area contributed by atoms with E-state index >= 15 is 0 Å². The molecular weight excluding hydrogens is 195 g/mol. The van der Waals surface area contributed by atoms with Crippen LogP contribution in [0.4, 0.5) is 4.39 Å². The molecule has 0 aliphatic rings. The van der Waals surface area contributed by atoms with Crippen LogP contribution < -0.4 is 4.74 Å². The van der Waals surface area contributed by atoms with E-state index in [2.05, 4.69) is 0 Å². The minimum Gasteiger partial charge on any atom is -0.489 e. The van der Waals surface area contributed by atoms with Gasteiger partial charge in [0.15, 0.2) is 0 Å². The third kappa shape index (κ3) is 2.37. The van der Waals surface area contributed by atoms with E-state index in [-0.39, 0.29) is 5.82 Å². The van der Waals surface area contributed by atoms with Crippen molar-refractivity contribution in [2.45, 2.75) is 13.5 Å². The van der Waals surface area contributed by atoms with Crippen molar-refractivity contribution in [2.75, 3.05) is 0 Å². The highest BCUT2D eigenvalue weighted by Gasteiger charge is 2.01. The first-order valence-corrected chi connectivity index (χ1v) is 4.66. The summed E-state index contributed by atoms with van der Waals surface area (Å²) < 4.78 is 23.2. The summed E-state index contributed by atoms with van der Waals surface area (Å²) in [4.78, 5) is 0. The summed E-state index contributed by atoms with van der Waals surface area (Å²) in [5, 5.41) is 0. The largest absolute Gasteiger partial charge is 0.489 e. The van der Waals surface area contributed by atoms with Gasteiger partial charge in [-0.05, 0) is 36.8 Å². The Kier molecular flexibility index (Phi) is 2.72. The zero-order valence-corrected chi connectivity index (χ0v) is 8.37. The lowest BCUT2D eigenvalue weighted by atomic mass is 10.2. The number of aryl methyl sites for hydroxylation is 1. The zero-order chi connectivity index (χ0) is 10.7. The van der Waals surface area contributed by atoms with Crippen LogP contribution in [0.3, 0.4) is 0 Å². The normalized spacial score (nSPS) is 10.3. The first-order chi connectivity index (χ1) is 7.25. The highest BCUT2D eigenvalue weighted by atomic mass is 19.1. The van der Waals surface area contributed by atoms with Crippen molar-refractivity contribution in [3.05, 3.63) is 53.7 Å². The maximum atomic E-state index is 12.8. The fourth-order valence-corrected chi connectivity index (χ4v) is 1.31. The standard InChI is InChI=1S/C12H11FO2/c1-9-6-11(13)2-3-12(9)15-8-10-4-5-14-7-10/h2-7H,8H2,1H3. The third-order valence-electron chi connectivity index (χ3n) is 2.11. The van der Waals surface area contributed by atoms with Crippen molar-refractivity contribution in [3.63, 3.8) is 0 Å². The molecule has 0 aliphatic heterocycles. The van der Waals surface area contributed by atoms with Crippen molar-refractivity contribution in [3.8, 4) is 5.75 Å². The van der Waals surface area contributed by atoms with Crippen LogP contribution in [-0.4, -0.2) is 0 Å². The van der Waals surface area contributed by atoms with Gasteiger partial charge < -0.3 is 9.15 Å². The molecule has 0 saturated heterocycles. The maximum Gasteiger partial charge on any atom is 0.123 e. The second kappa shape index (κ2) is 4.17. The molecule has 15 heavy (non-hydrogen) atoms. The Morgan fingerprint density at radius 1 is 1.33 bits per heavy atom. The van der Waals surface area contributed by atoms with Gasteiger partial charge in [-0.2, -0.15) is 0 Å². The summed E-state index contributed by atoms with van der Waals surface area (Å²) in [6.07, 6.45) is 3.22. The summed E-state index contributed by atoms with van der Waals surface area (Å²) in [6.45, 7) is 2.25. The molecule has 0 aliphatic carbocycles. The fraction of sp³-hybridized carbons (Fsp3) is 0.167. The number of hydrogen-bond donors (Lipinski definition) is 0. The minimum atomic E-state index is -0.247. The first kappa shape index (κ1) is 9.77. The van der Waals surface area contributed by atoms with E-state index in [1.54, 1.807) is 18.6 Å². The van der Waals surface area contributed by atoms with E-state index in [9.17, 15) is 4.39 Å². The summed E-state index contributed by atoms with van der Waals surface area (Å²) in [7, 11) is 0. The maximum absolute atomic E-state index is 12.8. The molecule has 2 nitrogen and oxygen atoms in total. The van der Waals surface area contributed by atoms with Crippen molar-refractivity contribution in [1.29, 1.82) is 0 Å². The van der Waals surface area contributed by atoms with Crippen LogP contribution in [0.5, 0.6) is 5.75 Å². The highest BCUT2D eigenvalue weighted by Crippen LogP contribution is 2.19. The minimum absolute atomic E-state index is 0.247. The molecule has 1 heterocycles. The molecule has 0 amide bonds. The number of rotatable bonds is 3. The van der Waals surface area contributed by atoms with E-state index in [4.69, 9.17) is 9.15 Å². The lowest BCUT2D eigenvalue weighted by Gasteiger charge is -2.07. The molecule has 1 aromatic heterocycles. The molecule has 0 bridgehead atoms. The number of furan rings is 1. The molecule has 0 radical (unpaired) electrons. The molecule has 3 heteroatoms. The van der Waals surface area contributed by atoms with Crippen molar-refractivity contribution < 1.29 is 13.5 Å². The molecule has 0 fully saturated rings. The summed E-state index contributed by atoms with van der Waals surface area (Å²) in [5.74, 6) is 0.445. The van der Waals surface area contributed by atoms with Crippen LogP contribution in [0.2, 0.25) is 0 Å². The molecule has 1 aromatic carbocycles. The fourth-order valence-electron chi connectivity index (χ4n) is 1.31. The second-order valence-corrected chi connectivity index (χ2v) is 3.33. The molecule has 2 aromatic rings. The number of benzene rings is 1. The molecule has 78 valence electrons. The van der Waals surface area contributed by atoms with Gasteiger partial charge in [0.05, 0.1) is 12.5 Å². The molecule has 0 atom stereocenters. The number of halogens is 1. The Hall–Kier alpha value is -1.77. The van der Waals surface area contributed by atoms with E-state index in [0.29, 0.717) is 12.4 Å². The monoisotopic (exact) mass is 206 g/mol. The van der Waals surface area contributed by atoms with Crippen LogP contribution in [0.1, 0.15) is 11.1 Å². The molecule has 0 N–H and O–H groups in total. The number of hydrogen-bond acceptors (Lipinski definition) is 2. The van der Waals surface area contributed by atoms with Crippen LogP contribution in [0.15, 0.2) is 41.2 Å². The predicted octanol–water partition coefficient (Wildman–Crippen LogP) is 3.31. The SMILES string of the molecule is Cc1cc(F)ccc1OCc1ccoc1. The van der Waals surface area contributed by atoms with E-state index in [1.807, 2.05) is 13.0 Å². The third-order valence-corrected chi connectivity index (χ3v) is 2.11. The van der Waals surface area contributed by atoms with E-state index < -0.39 is 0 Å². The average molecular weight is 206 g/mol. The van der Waals surface area contributed by atoms with Gasteiger partial charge in [0.1, 0.15) is 18.2 Å². The summed E-state index contributed by atoms with van der Waals surface area (Å²) in [6, 6.07) is 6.30. The number of ether oxygens (including phenoxy) is 1. The lowest BCUT2D eigenvalue weighted by molar-refractivity contribution is 0.302. The van der Waals surface area contributed by atoms with Crippen LogP contribution >= 0.6 is 0 Å². The molecule has 0 spiro atoms. The van der Waals surface area contributed by atoms with Crippen LogP contribution in [0, 0.1) is 12.7 Å². The predicted molar refractivity (Wildman–Crippen MR) is 54.2 cm³/mol. The van der Waals surface area contributed by atoms with Gasteiger partial charge in [0.25, 0.3) is 0 Å². The van der Waals surface area contributed by atoms with Crippen LogP contribution in [0.25, 0.3) is 0 Å². The lowest BCUT2D eigenvalue weighted by Crippen LogP contribution is -1.95. The van der Waals surface area contributed by atoms with Gasteiger partial charge in [0, 0.05) is 5.56 Å². The van der Waals surface area contributed by atoms with E-state index in [1.165, 1.54) is 12.1 Å². The zero-order valence-electron chi connectivity index (χ0n) is 8.37. The van der Waals surface area contributed by atoms with Crippen molar-refractivity contribution in [2.24, 2.45) is 0 Å². The molecule has 0 saturated carbocycles. The van der Waals surface area contributed by atoms with Gasteiger partial charge in [-0.25, -0.2) is 4.39 Å². The first-order valence-electron chi connectivity index (χ1n) is 4.66.